The Balaban J connectivity index is 1.65. The molecule has 0 N–H and O–H groups in total. The summed E-state index contributed by atoms with van der Waals surface area (Å²) in [4.78, 5) is 19.2. The maximum Gasteiger partial charge on any atom is 0.274 e. The third-order valence-corrected chi connectivity index (χ3v) is 5.87. The molecular weight excluding hydrogens is 344 g/mol. The minimum atomic E-state index is -0.00103. The van der Waals surface area contributed by atoms with Crippen molar-refractivity contribution in [1.29, 1.82) is 0 Å². The molecule has 2 fully saturated rings. The number of aryl methyl sites for hydroxylation is 1. The Morgan fingerprint density at radius 3 is 2.78 bits per heavy atom. The summed E-state index contributed by atoms with van der Waals surface area (Å²) < 4.78 is 9.62. The van der Waals surface area contributed by atoms with Crippen LogP contribution in [0.25, 0.3) is 0 Å². The molecule has 2 aromatic rings. The molecule has 0 radical (unpaired) electrons. The van der Waals surface area contributed by atoms with E-state index < -0.39 is 0 Å². The predicted octanol–water partition coefficient (Wildman–Crippen LogP) is 1.70. The lowest BCUT2D eigenvalue weighted by atomic mass is 9.71. The van der Waals surface area contributed by atoms with Gasteiger partial charge in [-0.2, -0.15) is 0 Å². The van der Waals surface area contributed by atoms with Gasteiger partial charge >= 0.3 is 0 Å². The summed E-state index contributed by atoms with van der Waals surface area (Å²) in [7, 11) is 1.88. The number of rotatable bonds is 4. The van der Waals surface area contributed by atoms with Gasteiger partial charge in [0.2, 0.25) is 0 Å². The van der Waals surface area contributed by atoms with Crippen LogP contribution in [0.15, 0.2) is 18.9 Å². The molecule has 4 rings (SSSR count). The van der Waals surface area contributed by atoms with Crippen LogP contribution in [0.5, 0.6) is 0 Å². The van der Waals surface area contributed by atoms with E-state index in [9.17, 15) is 4.79 Å². The molecule has 0 bridgehead atoms. The summed E-state index contributed by atoms with van der Waals surface area (Å²) in [6.07, 6.45) is 7.17. The van der Waals surface area contributed by atoms with E-state index in [1.165, 1.54) is 0 Å². The Morgan fingerprint density at radius 2 is 2.11 bits per heavy atom. The highest BCUT2D eigenvalue weighted by molar-refractivity contribution is 5.92. The van der Waals surface area contributed by atoms with E-state index in [2.05, 4.69) is 33.6 Å². The van der Waals surface area contributed by atoms with Crippen LogP contribution in [0.2, 0.25) is 0 Å². The van der Waals surface area contributed by atoms with Gasteiger partial charge in [0.15, 0.2) is 0 Å². The Kier molecular flexibility index (Phi) is 4.75. The molecule has 2 aliphatic heterocycles. The molecule has 2 saturated heterocycles. The number of carbonyl (C=O) groups is 1. The Bertz CT molecular complexity index is 805. The van der Waals surface area contributed by atoms with E-state index >= 15 is 0 Å². The first kappa shape index (κ1) is 18.2. The number of ether oxygens (including phenoxy) is 1. The molecular formula is C19H28N6O2. The number of hydrogen-bond acceptors (Lipinski definition) is 5. The van der Waals surface area contributed by atoms with E-state index in [1.807, 2.05) is 22.8 Å². The van der Waals surface area contributed by atoms with Gasteiger partial charge in [-0.05, 0) is 18.8 Å². The fourth-order valence-corrected chi connectivity index (χ4v) is 4.52. The predicted molar refractivity (Wildman–Crippen MR) is 99.2 cm³/mol. The van der Waals surface area contributed by atoms with Gasteiger partial charge in [0.1, 0.15) is 17.8 Å². The van der Waals surface area contributed by atoms with Gasteiger partial charge in [0.05, 0.1) is 6.33 Å². The second kappa shape index (κ2) is 7.07. The van der Waals surface area contributed by atoms with E-state index in [4.69, 9.17) is 4.74 Å². The van der Waals surface area contributed by atoms with Crippen molar-refractivity contribution in [1.82, 2.24) is 29.2 Å². The van der Waals surface area contributed by atoms with Crippen molar-refractivity contribution in [2.75, 3.05) is 26.3 Å². The molecule has 1 spiro atoms. The van der Waals surface area contributed by atoms with E-state index in [0.29, 0.717) is 18.2 Å². The molecule has 8 heteroatoms. The molecule has 0 aromatic carbocycles. The monoisotopic (exact) mass is 372 g/mol. The SMILES string of the molecule is CC(C)Cn1cnnc1C1CN(C(=O)c2cn(C)cn2)CC12CCOCC2. The van der Waals surface area contributed by atoms with Crippen molar-refractivity contribution in [2.45, 2.75) is 39.2 Å². The fourth-order valence-electron chi connectivity index (χ4n) is 4.52. The van der Waals surface area contributed by atoms with Crippen LogP contribution in [-0.2, 0) is 18.3 Å². The molecule has 0 saturated carbocycles. The van der Waals surface area contributed by atoms with Crippen LogP contribution in [0.4, 0.5) is 0 Å². The van der Waals surface area contributed by atoms with E-state index in [-0.39, 0.29) is 17.2 Å². The number of carbonyl (C=O) groups excluding carboxylic acids is 1. The molecule has 2 aliphatic rings. The van der Waals surface area contributed by atoms with Crippen LogP contribution in [0, 0.1) is 11.3 Å². The first-order chi connectivity index (χ1) is 13.0. The highest BCUT2D eigenvalue weighted by Crippen LogP contribution is 2.49. The Morgan fingerprint density at radius 1 is 1.33 bits per heavy atom. The summed E-state index contributed by atoms with van der Waals surface area (Å²) in [5, 5.41) is 8.68. The molecule has 27 heavy (non-hydrogen) atoms. The zero-order valence-corrected chi connectivity index (χ0v) is 16.3. The molecule has 1 unspecified atom stereocenters. The lowest BCUT2D eigenvalue weighted by Crippen LogP contribution is -2.38. The number of likely N-dealkylation sites (tertiary alicyclic amines) is 1. The third-order valence-electron chi connectivity index (χ3n) is 5.87. The van der Waals surface area contributed by atoms with E-state index in [0.717, 1.165) is 45.0 Å². The largest absolute Gasteiger partial charge is 0.381 e. The number of aromatic nitrogens is 5. The smallest absolute Gasteiger partial charge is 0.274 e. The van der Waals surface area contributed by atoms with Crippen molar-refractivity contribution >= 4 is 5.91 Å². The second-order valence-electron chi connectivity index (χ2n) is 8.37. The molecule has 1 atom stereocenters. The standard InChI is InChI=1S/C19H28N6O2/c1-14(2)8-25-13-21-22-17(25)15-9-24(11-19(15)4-6-27-7-5-19)18(26)16-10-23(3)12-20-16/h10,12-15H,4-9,11H2,1-3H3. The van der Waals surface area contributed by atoms with Crippen LogP contribution in [0.1, 0.15) is 48.9 Å². The third kappa shape index (κ3) is 3.38. The lowest BCUT2D eigenvalue weighted by Gasteiger charge is -2.37. The molecule has 146 valence electrons. The minimum absolute atomic E-state index is 0.00103. The van der Waals surface area contributed by atoms with Gasteiger partial charge in [-0.3, -0.25) is 4.79 Å². The van der Waals surface area contributed by atoms with Crippen LogP contribution in [-0.4, -0.2) is 61.4 Å². The number of imidazole rings is 1. The van der Waals surface area contributed by atoms with Gasteiger partial charge in [-0.25, -0.2) is 4.98 Å². The molecule has 8 nitrogen and oxygen atoms in total. The minimum Gasteiger partial charge on any atom is -0.381 e. The van der Waals surface area contributed by atoms with Crippen LogP contribution >= 0.6 is 0 Å². The van der Waals surface area contributed by atoms with Crippen molar-refractivity contribution in [3.05, 3.63) is 30.4 Å². The summed E-state index contributed by atoms with van der Waals surface area (Å²) in [5.74, 6) is 1.69. The normalized spacial score (nSPS) is 22.1. The highest BCUT2D eigenvalue weighted by Gasteiger charge is 2.51. The highest BCUT2D eigenvalue weighted by atomic mass is 16.5. The summed E-state index contributed by atoms with van der Waals surface area (Å²) in [6, 6.07) is 0. The molecule has 2 aromatic heterocycles. The number of hydrogen-bond donors (Lipinski definition) is 0. The quantitative estimate of drug-likeness (QED) is 0.816. The second-order valence-corrected chi connectivity index (χ2v) is 8.37. The Labute approximate surface area is 159 Å². The molecule has 1 amide bonds. The molecule has 4 heterocycles. The Hall–Kier alpha value is -2.22. The van der Waals surface area contributed by atoms with Crippen LogP contribution < -0.4 is 0 Å². The average molecular weight is 372 g/mol. The zero-order chi connectivity index (χ0) is 19.0. The summed E-state index contributed by atoms with van der Waals surface area (Å²) in [5.41, 5.74) is 0.508. The number of amides is 1. The first-order valence-electron chi connectivity index (χ1n) is 9.71. The van der Waals surface area contributed by atoms with Crippen molar-refractivity contribution in [3.8, 4) is 0 Å². The average Bonchev–Trinajstić information content (AvgIpc) is 3.34. The van der Waals surface area contributed by atoms with Gasteiger partial charge < -0.3 is 18.8 Å². The topological polar surface area (TPSA) is 78.1 Å². The van der Waals surface area contributed by atoms with Gasteiger partial charge in [-0.15, -0.1) is 10.2 Å². The zero-order valence-electron chi connectivity index (χ0n) is 16.3. The maximum absolute atomic E-state index is 13.0. The van der Waals surface area contributed by atoms with Crippen molar-refractivity contribution in [3.63, 3.8) is 0 Å². The van der Waals surface area contributed by atoms with Crippen molar-refractivity contribution in [2.24, 2.45) is 18.4 Å². The first-order valence-corrected chi connectivity index (χ1v) is 9.71. The van der Waals surface area contributed by atoms with Crippen molar-refractivity contribution < 1.29 is 9.53 Å². The van der Waals surface area contributed by atoms with Crippen LogP contribution in [0.3, 0.4) is 0 Å². The lowest BCUT2D eigenvalue weighted by molar-refractivity contribution is 0.0106. The van der Waals surface area contributed by atoms with Gasteiger partial charge in [0, 0.05) is 57.4 Å². The van der Waals surface area contributed by atoms with Gasteiger partial charge in [-0.1, -0.05) is 13.8 Å². The fraction of sp³-hybridized carbons (Fsp3) is 0.684. The maximum atomic E-state index is 13.0. The summed E-state index contributed by atoms with van der Waals surface area (Å²) >= 11 is 0. The number of nitrogens with zero attached hydrogens (tertiary/aromatic N) is 6. The molecule has 0 aliphatic carbocycles. The van der Waals surface area contributed by atoms with Gasteiger partial charge in [0.25, 0.3) is 5.91 Å². The van der Waals surface area contributed by atoms with E-state index in [1.54, 1.807) is 12.5 Å². The summed E-state index contributed by atoms with van der Waals surface area (Å²) in [6.45, 7) is 8.14.